The van der Waals surface area contributed by atoms with Gasteiger partial charge in [0.2, 0.25) is 10.0 Å². The van der Waals surface area contributed by atoms with Crippen LogP contribution in [0.1, 0.15) is 42.6 Å². The van der Waals surface area contributed by atoms with Gasteiger partial charge in [-0.05, 0) is 50.3 Å². The molecule has 3 rings (SSSR count). The molecule has 1 aliphatic rings. The van der Waals surface area contributed by atoms with E-state index < -0.39 is 10.0 Å². The molecular formula is C20H23NO3S. The Labute approximate surface area is 149 Å². The van der Waals surface area contributed by atoms with Gasteiger partial charge in [-0.25, -0.2) is 8.42 Å². The molecule has 5 heteroatoms. The average Bonchev–Trinajstić information content (AvgIpc) is 3.45. The van der Waals surface area contributed by atoms with Crippen molar-refractivity contribution in [3.63, 3.8) is 0 Å². The molecule has 0 saturated heterocycles. The van der Waals surface area contributed by atoms with Gasteiger partial charge in [0.1, 0.15) is 0 Å². The number of carbonyl (C=O) groups is 1. The van der Waals surface area contributed by atoms with Crippen LogP contribution in [-0.2, 0) is 16.6 Å². The van der Waals surface area contributed by atoms with Crippen molar-refractivity contribution in [2.45, 2.75) is 44.2 Å². The van der Waals surface area contributed by atoms with Gasteiger partial charge in [0.25, 0.3) is 0 Å². The third-order valence-electron chi connectivity index (χ3n) is 4.79. The van der Waals surface area contributed by atoms with Crippen LogP contribution >= 0.6 is 0 Å². The summed E-state index contributed by atoms with van der Waals surface area (Å²) in [4.78, 5) is 11.8. The molecular weight excluding hydrogens is 334 g/mol. The number of sulfonamides is 1. The summed E-state index contributed by atoms with van der Waals surface area (Å²) in [6, 6.07) is 15.9. The van der Waals surface area contributed by atoms with E-state index in [-0.39, 0.29) is 16.7 Å². The highest BCUT2D eigenvalue weighted by Gasteiger charge is 2.38. The quantitative estimate of drug-likeness (QED) is 0.707. The first kappa shape index (κ1) is 17.8. The number of ketones is 1. The Morgan fingerprint density at radius 3 is 2.40 bits per heavy atom. The second-order valence-electron chi connectivity index (χ2n) is 6.70. The summed E-state index contributed by atoms with van der Waals surface area (Å²) in [5, 5.41) is 0. The number of nitrogens with zero attached hydrogens (tertiary/aromatic N) is 1. The van der Waals surface area contributed by atoms with Gasteiger partial charge in [-0.3, -0.25) is 4.79 Å². The summed E-state index contributed by atoms with van der Waals surface area (Å²) in [5.74, 6) is 0.274. The van der Waals surface area contributed by atoms with Gasteiger partial charge in [0.15, 0.2) is 5.78 Å². The van der Waals surface area contributed by atoms with Crippen LogP contribution in [-0.4, -0.2) is 24.5 Å². The Balaban J connectivity index is 1.98. The second kappa shape index (κ2) is 7.10. The number of carbonyl (C=O) groups excluding carboxylic acids is 1. The lowest BCUT2D eigenvalue weighted by Crippen LogP contribution is -2.39. The Morgan fingerprint density at radius 1 is 1.12 bits per heavy atom. The topological polar surface area (TPSA) is 54.5 Å². The van der Waals surface area contributed by atoms with Crippen molar-refractivity contribution >= 4 is 15.8 Å². The van der Waals surface area contributed by atoms with Crippen LogP contribution in [0.2, 0.25) is 0 Å². The molecule has 132 valence electrons. The van der Waals surface area contributed by atoms with Crippen molar-refractivity contribution in [2.24, 2.45) is 5.92 Å². The van der Waals surface area contributed by atoms with Crippen molar-refractivity contribution in [3.8, 4) is 0 Å². The van der Waals surface area contributed by atoms with E-state index in [1.165, 1.54) is 13.0 Å². The summed E-state index contributed by atoms with van der Waals surface area (Å²) >= 11 is 0. The van der Waals surface area contributed by atoms with Crippen LogP contribution in [0.25, 0.3) is 0 Å². The maximum Gasteiger partial charge on any atom is 0.243 e. The lowest BCUT2D eigenvalue weighted by atomic mass is 10.1. The zero-order chi connectivity index (χ0) is 18.0. The van der Waals surface area contributed by atoms with Crippen LogP contribution in [0.15, 0.2) is 59.5 Å². The SMILES string of the molecule is CC(=O)c1cccc(S(=O)(=O)N(Cc2ccccc2)[C@H](C)C2CC2)c1. The molecule has 0 heterocycles. The molecule has 2 aromatic carbocycles. The van der Waals surface area contributed by atoms with Gasteiger partial charge in [-0.1, -0.05) is 42.5 Å². The predicted octanol–water partition coefficient (Wildman–Crippen LogP) is 3.88. The van der Waals surface area contributed by atoms with E-state index in [9.17, 15) is 13.2 Å². The zero-order valence-corrected chi connectivity index (χ0v) is 15.4. The first-order chi connectivity index (χ1) is 11.9. The van der Waals surface area contributed by atoms with Crippen LogP contribution in [0.5, 0.6) is 0 Å². The molecule has 25 heavy (non-hydrogen) atoms. The summed E-state index contributed by atoms with van der Waals surface area (Å²) in [6.07, 6.45) is 2.13. The lowest BCUT2D eigenvalue weighted by Gasteiger charge is -2.28. The number of hydrogen-bond donors (Lipinski definition) is 0. The molecule has 0 amide bonds. The fourth-order valence-corrected chi connectivity index (χ4v) is 4.76. The predicted molar refractivity (Wildman–Crippen MR) is 97.8 cm³/mol. The highest BCUT2D eigenvalue weighted by Crippen LogP contribution is 2.37. The molecule has 1 fully saturated rings. The standard InChI is InChI=1S/C20H23NO3S/c1-15(18-11-12-18)21(14-17-7-4-3-5-8-17)25(23,24)20-10-6-9-19(13-20)16(2)22/h3-10,13,15,18H,11-12,14H2,1-2H3/t15-/m1/s1. The average molecular weight is 357 g/mol. The second-order valence-corrected chi connectivity index (χ2v) is 8.59. The molecule has 1 saturated carbocycles. The molecule has 1 aliphatic carbocycles. The van der Waals surface area contributed by atoms with E-state index in [2.05, 4.69) is 0 Å². The maximum atomic E-state index is 13.3. The number of Topliss-reactive ketones (excluding diaryl/α,β-unsaturated/α-hetero) is 1. The van der Waals surface area contributed by atoms with Gasteiger partial charge in [0.05, 0.1) is 4.90 Å². The van der Waals surface area contributed by atoms with Crippen LogP contribution in [0.3, 0.4) is 0 Å². The molecule has 4 nitrogen and oxygen atoms in total. The molecule has 0 spiro atoms. The smallest absolute Gasteiger partial charge is 0.243 e. The Hall–Kier alpha value is -1.98. The number of benzene rings is 2. The Bertz CT molecular complexity index is 858. The largest absolute Gasteiger partial charge is 0.295 e. The highest BCUT2D eigenvalue weighted by molar-refractivity contribution is 7.89. The van der Waals surface area contributed by atoms with Gasteiger partial charge in [-0.2, -0.15) is 4.31 Å². The summed E-state index contributed by atoms with van der Waals surface area (Å²) in [5.41, 5.74) is 1.38. The van der Waals surface area contributed by atoms with E-state index >= 15 is 0 Å². The van der Waals surface area contributed by atoms with Crippen LogP contribution in [0, 0.1) is 5.92 Å². The van der Waals surface area contributed by atoms with Crippen LogP contribution in [0.4, 0.5) is 0 Å². The van der Waals surface area contributed by atoms with Gasteiger partial charge < -0.3 is 0 Å². The fraction of sp³-hybridized carbons (Fsp3) is 0.350. The minimum absolute atomic E-state index is 0.0637. The Kier molecular flexibility index (Phi) is 5.06. The monoisotopic (exact) mass is 357 g/mol. The van der Waals surface area contributed by atoms with Gasteiger partial charge in [-0.15, -0.1) is 0 Å². The first-order valence-electron chi connectivity index (χ1n) is 8.56. The van der Waals surface area contributed by atoms with Crippen LogP contribution < -0.4 is 0 Å². The molecule has 1 atom stereocenters. The molecule has 0 N–H and O–H groups in total. The minimum Gasteiger partial charge on any atom is -0.295 e. The third-order valence-corrected chi connectivity index (χ3v) is 6.72. The molecule has 0 unspecified atom stereocenters. The van der Waals surface area contributed by atoms with E-state index in [0.717, 1.165) is 18.4 Å². The minimum atomic E-state index is -3.68. The van der Waals surface area contributed by atoms with Crippen molar-refractivity contribution < 1.29 is 13.2 Å². The third kappa shape index (κ3) is 3.99. The molecule has 2 aromatic rings. The summed E-state index contributed by atoms with van der Waals surface area (Å²) in [6.45, 7) is 3.76. The van der Waals surface area contributed by atoms with E-state index in [1.807, 2.05) is 37.3 Å². The van der Waals surface area contributed by atoms with Crippen molar-refractivity contribution in [2.75, 3.05) is 0 Å². The van der Waals surface area contributed by atoms with Gasteiger partial charge >= 0.3 is 0 Å². The molecule has 0 aromatic heterocycles. The van der Waals surface area contributed by atoms with Crippen molar-refractivity contribution in [1.82, 2.24) is 4.31 Å². The van der Waals surface area contributed by atoms with E-state index in [0.29, 0.717) is 18.0 Å². The van der Waals surface area contributed by atoms with E-state index in [1.54, 1.807) is 22.5 Å². The zero-order valence-electron chi connectivity index (χ0n) is 14.6. The first-order valence-corrected chi connectivity index (χ1v) is 10.0. The summed E-state index contributed by atoms with van der Waals surface area (Å²) in [7, 11) is -3.68. The summed E-state index contributed by atoms with van der Waals surface area (Å²) < 4.78 is 28.2. The maximum absolute atomic E-state index is 13.3. The van der Waals surface area contributed by atoms with Crippen molar-refractivity contribution in [3.05, 3.63) is 65.7 Å². The van der Waals surface area contributed by atoms with E-state index in [4.69, 9.17) is 0 Å². The van der Waals surface area contributed by atoms with Gasteiger partial charge in [0, 0.05) is 18.2 Å². The molecule has 0 radical (unpaired) electrons. The number of rotatable bonds is 7. The fourth-order valence-electron chi connectivity index (χ4n) is 3.04. The lowest BCUT2D eigenvalue weighted by molar-refractivity contribution is 0.101. The Morgan fingerprint density at radius 2 is 1.80 bits per heavy atom. The molecule has 0 aliphatic heterocycles. The molecule has 0 bridgehead atoms. The van der Waals surface area contributed by atoms with Crippen molar-refractivity contribution in [1.29, 1.82) is 0 Å². The highest BCUT2D eigenvalue weighted by atomic mass is 32.2. The normalized spacial score (nSPS) is 16.0. The number of hydrogen-bond acceptors (Lipinski definition) is 3.